The standard InChI is InChI=1S/C9H12BrN3S/c10-7-6-11-9(12-8(7)14)13-4-2-1-3-5-13/h6H,1-5H2,(H,11,12,14). The van der Waals surface area contributed by atoms with Gasteiger partial charge >= 0.3 is 0 Å². The molecule has 1 aliphatic rings. The zero-order valence-corrected chi connectivity index (χ0v) is 10.2. The Labute approximate surface area is 96.7 Å². The highest BCUT2D eigenvalue weighted by molar-refractivity contribution is 9.10. The van der Waals surface area contributed by atoms with Crippen molar-refractivity contribution < 1.29 is 0 Å². The fourth-order valence-corrected chi connectivity index (χ4v) is 1.98. The van der Waals surface area contributed by atoms with Crippen LogP contribution >= 0.6 is 28.1 Å². The quantitative estimate of drug-likeness (QED) is 0.799. The highest BCUT2D eigenvalue weighted by Crippen LogP contribution is 2.17. The van der Waals surface area contributed by atoms with Crippen LogP contribution in [0.4, 0.5) is 5.95 Å². The smallest absolute Gasteiger partial charge is 0.203 e. The Morgan fingerprint density at radius 2 is 2.07 bits per heavy atom. The lowest BCUT2D eigenvalue weighted by Crippen LogP contribution is -2.30. The van der Waals surface area contributed by atoms with Gasteiger partial charge in [-0.15, -0.1) is 0 Å². The Morgan fingerprint density at radius 1 is 1.36 bits per heavy atom. The average molecular weight is 274 g/mol. The minimum absolute atomic E-state index is 0.723. The molecule has 0 radical (unpaired) electrons. The van der Waals surface area contributed by atoms with Crippen molar-refractivity contribution >= 4 is 34.1 Å². The predicted octanol–water partition coefficient (Wildman–Crippen LogP) is 2.89. The summed E-state index contributed by atoms with van der Waals surface area (Å²) in [6.07, 6.45) is 5.59. The van der Waals surface area contributed by atoms with Crippen molar-refractivity contribution in [2.75, 3.05) is 18.0 Å². The summed E-state index contributed by atoms with van der Waals surface area (Å²) in [5.74, 6) is 0.901. The third-order valence-electron chi connectivity index (χ3n) is 2.40. The van der Waals surface area contributed by atoms with Crippen LogP contribution in [0.5, 0.6) is 0 Å². The van der Waals surface area contributed by atoms with E-state index in [1.165, 1.54) is 19.3 Å². The first-order valence-corrected chi connectivity index (χ1v) is 5.97. The van der Waals surface area contributed by atoms with Crippen LogP contribution in [-0.4, -0.2) is 23.1 Å². The zero-order chi connectivity index (χ0) is 9.97. The molecule has 0 bridgehead atoms. The number of nitrogens with one attached hydrogen (secondary N) is 1. The molecule has 76 valence electrons. The van der Waals surface area contributed by atoms with Crippen LogP contribution in [0.15, 0.2) is 10.7 Å². The molecule has 0 atom stereocenters. The molecule has 3 nitrogen and oxygen atoms in total. The van der Waals surface area contributed by atoms with E-state index in [1.54, 1.807) is 6.20 Å². The molecule has 0 spiro atoms. The third kappa shape index (κ3) is 2.15. The molecule has 0 unspecified atom stereocenters. The Balaban J connectivity index is 2.23. The van der Waals surface area contributed by atoms with E-state index in [1.807, 2.05) is 0 Å². The van der Waals surface area contributed by atoms with Crippen LogP contribution in [0.1, 0.15) is 19.3 Å². The van der Waals surface area contributed by atoms with Crippen molar-refractivity contribution in [2.45, 2.75) is 19.3 Å². The summed E-state index contributed by atoms with van der Waals surface area (Å²) in [6, 6.07) is 0. The first kappa shape index (κ1) is 10.1. The SMILES string of the molecule is S=c1[nH]c(N2CCCCC2)ncc1Br. The fourth-order valence-electron chi connectivity index (χ4n) is 1.64. The largest absolute Gasteiger partial charge is 0.342 e. The minimum Gasteiger partial charge on any atom is -0.342 e. The van der Waals surface area contributed by atoms with Crippen molar-refractivity contribution in [3.63, 3.8) is 0 Å². The summed E-state index contributed by atoms with van der Waals surface area (Å²) in [7, 11) is 0. The van der Waals surface area contributed by atoms with Gasteiger partial charge in [-0.05, 0) is 35.2 Å². The van der Waals surface area contributed by atoms with E-state index >= 15 is 0 Å². The number of aromatic nitrogens is 2. The molecule has 0 amide bonds. The van der Waals surface area contributed by atoms with Crippen LogP contribution in [-0.2, 0) is 0 Å². The van der Waals surface area contributed by atoms with E-state index < -0.39 is 0 Å². The molecule has 1 fully saturated rings. The summed E-state index contributed by atoms with van der Waals surface area (Å²) < 4.78 is 1.58. The van der Waals surface area contributed by atoms with Crippen LogP contribution in [0.3, 0.4) is 0 Å². The van der Waals surface area contributed by atoms with Crippen molar-refractivity contribution in [1.29, 1.82) is 0 Å². The lowest BCUT2D eigenvalue weighted by molar-refractivity contribution is 0.568. The summed E-state index contributed by atoms with van der Waals surface area (Å²) >= 11 is 8.48. The van der Waals surface area contributed by atoms with Gasteiger partial charge in [-0.25, -0.2) is 4.98 Å². The molecule has 0 aromatic carbocycles. The van der Waals surface area contributed by atoms with Gasteiger partial charge in [0, 0.05) is 19.3 Å². The maximum Gasteiger partial charge on any atom is 0.203 e. The van der Waals surface area contributed by atoms with Gasteiger partial charge < -0.3 is 9.88 Å². The highest BCUT2D eigenvalue weighted by Gasteiger charge is 2.12. The summed E-state index contributed by atoms with van der Waals surface area (Å²) in [5.41, 5.74) is 0. The Morgan fingerprint density at radius 3 is 2.71 bits per heavy atom. The third-order valence-corrected chi connectivity index (χ3v) is 3.58. The fraction of sp³-hybridized carbons (Fsp3) is 0.556. The minimum atomic E-state index is 0.723. The molecule has 0 aliphatic carbocycles. The van der Waals surface area contributed by atoms with E-state index in [0.717, 1.165) is 28.2 Å². The number of piperidine rings is 1. The van der Waals surface area contributed by atoms with Crippen LogP contribution in [0.2, 0.25) is 0 Å². The molecule has 2 heterocycles. The van der Waals surface area contributed by atoms with Crippen LogP contribution in [0, 0.1) is 4.64 Å². The van der Waals surface area contributed by atoms with Gasteiger partial charge in [0.15, 0.2) is 0 Å². The number of nitrogens with zero attached hydrogens (tertiary/aromatic N) is 2. The molecular formula is C9H12BrN3S. The van der Waals surface area contributed by atoms with E-state index in [0.29, 0.717) is 0 Å². The van der Waals surface area contributed by atoms with Crippen molar-refractivity contribution in [3.05, 3.63) is 15.3 Å². The number of rotatable bonds is 1. The normalized spacial score (nSPS) is 17.1. The van der Waals surface area contributed by atoms with Gasteiger partial charge in [-0.3, -0.25) is 0 Å². The van der Waals surface area contributed by atoms with E-state index in [9.17, 15) is 0 Å². The van der Waals surface area contributed by atoms with Gasteiger partial charge in [0.05, 0.1) is 4.47 Å². The maximum absolute atomic E-state index is 5.14. The molecule has 1 aromatic heterocycles. The molecule has 1 aromatic rings. The summed E-state index contributed by atoms with van der Waals surface area (Å²) in [6.45, 7) is 2.17. The van der Waals surface area contributed by atoms with Crippen LogP contribution in [0.25, 0.3) is 0 Å². The second kappa shape index (κ2) is 4.40. The lowest BCUT2D eigenvalue weighted by atomic mass is 10.1. The number of H-pyrrole nitrogens is 1. The van der Waals surface area contributed by atoms with Gasteiger partial charge in [0.25, 0.3) is 0 Å². The van der Waals surface area contributed by atoms with Crippen molar-refractivity contribution in [3.8, 4) is 0 Å². The highest BCUT2D eigenvalue weighted by atomic mass is 79.9. The monoisotopic (exact) mass is 273 g/mol. The van der Waals surface area contributed by atoms with E-state index in [4.69, 9.17) is 12.2 Å². The number of hydrogen-bond donors (Lipinski definition) is 1. The molecule has 14 heavy (non-hydrogen) atoms. The van der Waals surface area contributed by atoms with Gasteiger partial charge in [-0.2, -0.15) is 0 Å². The maximum atomic E-state index is 5.14. The zero-order valence-electron chi connectivity index (χ0n) is 7.79. The molecule has 0 saturated carbocycles. The second-order valence-corrected chi connectivity index (χ2v) is 4.69. The molecule has 5 heteroatoms. The average Bonchev–Trinajstić information content (AvgIpc) is 2.23. The summed E-state index contributed by atoms with van der Waals surface area (Å²) in [4.78, 5) is 9.70. The van der Waals surface area contributed by atoms with E-state index in [2.05, 4.69) is 30.8 Å². The van der Waals surface area contributed by atoms with Crippen molar-refractivity contribution in [2.24, 2.45) is 0 Å². The Hall–Kier alpha value is -0.420. The Kier molecular flexibility index (Phi) is 3.18. The summed E-state index contributed by atoms with van der Waals surface area (Å²) in [5, 5.41) is 0. The predicted molar refractivity (Wildman–Crippen MR) is 63.2 cm³/mol. The second-order valence-electron chi connectivity index (χ2n) is 3.43. The van der Waals surface area contributed by atoms with Gasteiger partial charge in [0.2, 0.25) is 5.95 Å². The van der Waals surface area contributed by atoms with Gasteiger partial charge in [0.1, 0.15) is 4.64 Å². The van der Waals surface area contributed by atoms with Gasteiger partial charge in [-0.1, -0.05) is 12.2 Å². The first-order chi connectivity index (χ1) is 6.77. The lowest BCUT2D eigenvalue weighted by Gasteiger charge is -2.26. The number of hydrogen-bond acceptors (Lipinski definition) is 3. The molecule has 1 aliphatic heterocycles. The Bertz CT molecular complexity index is 371. The number of halogens is 1. The molecule has 1 saturated heterocycles. The van der Waals surface area contributed by atoms with Crippen LogP contribution < -0.4 is 4.90 Å². The first-order valence-electron chi connectivity index (χ1n) is 4.77. The van der Waals surface area contributed by atoms with E-state index in [-0.39, 0.29) is 0 Å². The molecular weight excluding hydrogens is 262 g/mol. The number of anilines is 1. The van der Waals surface area contributed by atoms with Crippen molar-refractivity contribution in [1.82, 2.24) is 9.97 Å². The molecule has 1 N–H and O–H groups in total. The molecule has 2 rings (SSSR count). The topological polar surface area (TPSA) is 31.9 Å². The number of aromatic amines is 1.